The fourth-order valence-electron chi connectivity index (χ4n) is 4.10. The van der Waals surface area contributed by atoms with E-state index >= 15 is 0 Å². The summed E-state index contributed by atoms with van der Waals surface area (Å²) in [4.78, 5) is 26.3. The van der Waals surface area contributed by atoms with Gasteiger partial charge < -0.3 is 14.7 Å². The minimum absolute atomic E-state index is 0.0547. The van der Waals surface area contributed by atoms with E-state index in [1.54, 1.807) is 4.90 Å². The SMILES string of the molecule is CC(C)(CCC(=O)N1C[C@H]2COCC[C@@]2(C(=O)O)C1)c1ccccc1. The number of carboxylic acids is 1. The van der Waals surface area contributed by atoms with Gasteiger partial charge in [-0.2, -0.15) is 0 Å². The number of carbonyl (C=O) groups is 2. The maximum Gasteiger partial charge on any atom is 0.311 e. The van der Waals surface area contributed by atoms with Crippen LogP contribution in [-0.2, 0) is 19.7 Å². The van der Waals surface area contributed by atoms with Gasteiger partial charge >= 0.3 is 5.97 Å². The predicted molar refractivity (Wildman–Crippen MR) is 94.3 cm³/mol. The molecule has 1 amide bonds. The fraction of sp³-hybridized carbons (Fsp3) is 0.600. The standard InChI is InChI=1S/C20H27NO4/c1-19(2,15-6-4-3-5-7-15)9-8-17(22)21-12-16-13-25-11-10-20(16,14-21)18(23)24/h3-7,16H,8-14H2,1-2H3,(H,23,24)/t16-,20+/m0/s1. The Morgan fingerprint density at radius 1 is 1.32 bits per heavy atom. The summed E-state index contributed by atoms with van der Waals surface area (Å²) in [6.07, 6.45) is 1.67. The number of aliphatic carboxylic acids is 1. The summed E-state index contributed by atoms with van der Waals surface area (Å²) in [7, 11) is 0. The van der Waals surface area contributed by atoms with Crippen molar-refractivity contribution in [3.8, 4) is 0 Å². The van der Waals surface area contributed by atoms with Crippen molar-refractivity contribution in [3.05, 3.63) is 35.9 Å². The third kappa shape index (κ3) is 3.43. The molecule has 0 unspecified atom stereocenters. The highest BCUT2D eigenvalue weighted by Crippen LogP contribution is 2.43. The van der Waals surface area contributed by atoms with E-state index in [4.69, 9.17) is 4.74 Å². The van der Waals surface area contributed by atoms with Gasteiger partial charge in [-0.3, -0.25) is 9.59 Å². The van der Waals surface area contributed by atoms with Crippen molar-refractivity contribution in [1.82, 2.24) is 4.90 Å². The van der Waals surface area contributed by atoms with Crippen molar-refractivity contribution in [2.45, 2.75) is 38.5 Å². The van der Waals surface area contributed by atoms with Gasteiger partial charge in [0.2, 0.25) is 5.91 Å². The molecule has 0 bridgehead atoms. The molecule has 1 aromatic carbocycles. The summed E-state index contributed by atoms with van der Waals surface area (Å²) in [6, 6.07) is 10.2. The molecule has 2 atom stereocenters. The van der Waals surface area contributed by atoms with Crippen molar-refractivity contribution >= 4 is 11.9 Å². The van der Waals surface area contributed by atoms with Crippen molar-refractivity contribution in [2.24, 2.45) is 11.3 Å². The van der Waals surface area contributed by atoms with Crippen molar-refractivity contribution in [3.63, 3.8) is 0 Å². The van der Waals surface area contributed by atoms with E-state index < -0.39 is 11.4 Å². The van der Waals surface area contributed by atoms with E-state index in [1.165, 1.54) is 5.56 Å². The Bertz CT molecular complexity index is 642. The van der Waals surface area contributed by atoms with E-state index in [9.17, 15) is 14.7 Å². The fourth-order valence-corrected chi connectivity index (χ4v) is 4.10. The van der Waals surface area contributed by atoms with Crippen molar-refractivity contribution in [1.29, 1.82) is 0 Å². The Balaban J connectivity index is 1.63. The average molecular weight is 345 g/mol. The normalized spacial score (nSPS) is 26.3. The monoisotopic (exact) mass is 345 g/mol. The molecule has 0 aromatic heterocycles. The summed E-state index contributed by atoms with van der Waals surface area (Å²) >= 11 is 0. The average Bonchev–Trinajstić information content (AvgIpc) is 3.02. The van der Waals surface area contributed by atoms with Gasteiger partial charge in [0.1, 0.15) is 0 Å². The van der Waals surface area contributed by atoms with E-state index in [2.05, 4.69) is 26.0 Å². The Morgan fingerprint density at radius 2 is 2.04 bits per heavy atom. The number of fused-ring (bicyclic) bond motifs is 1. The molecule has 2 fully saturated rings. The molecular weight excluding hydrogens is 318 g/mol. The molecule has 25 heavy (non-hydrogen) atoms. The van der Waals surface area contributed by atoms with Crippen LogP contribution < -0.4 is 0 Å². The number of rotatable bonds is 5. The predicted octanol–water partition coefficient (Wildman–Crippen LogP) is 2.69. The Kier molecular flexibility index (Phi) is 4.87. The maximum absolute atomic E-state index is 12.7. The zero-order chi connectivity index (χ0) is 18.1. The van der Waals surface area contributed by atoms with Crippen LogP contribution in [0.2, 0.25) is 0 Å². The number of ether oxygens (including phenoxy) is 1. The molecular formula is C20H27NO4. The number of carbonyl (C=O) groups excluding carboxylic acids is 1. The van der Waals surface area contributed by atoms with Crippen LogP contribution in [0.15, 0.2) is 30.3 Å². The first kappa shape index (κ1) is 17.9. The first-order chi connectivity index (χ1) is 11.8. The van der Waals surface area contributed by atoms with Crippen LogP contribution in [0.25, 0.3) is 0 Å². The molecule has 3 rings (SSSR count). The second-order valence-corrected chi connectivity index (χ2v) is 8.01. The maximum atomic E-state index is 12.7. The number of carboxylic acid groups (broad SMARTS) is 1. The van der Waals surface area contributed by atoms with Gasteiger partial charge in [0.05, 0.1) is 12.0 Å². The minimum atomic E-state index is -0.817. The molecule has 0 saturated carbocycles. The van der Waals surface area contributed by atoms with Crippen LogP contribution in [0, 0.1) is 11.3 Å². The van der Waals surface area contributed by atoms with Gasteiger partial charge in [0.25, 0.3) is 0 Å². The molecule has 0 radical (unpaired) electrons. The largest absolute Gasteiger partial charge is 0.481 e. The molecule has 2 saturated heterocycles. The summed E-state index contributed by atoms with van der Waals surface area (Å²) in [5.74, 6) is -0.829. The summed E-state index contributed by atoms with van der Waals surface area (Å²) in [5.41, 5.74) is 0.313. The van der Waals surface area contributed by atoms with Crippen LogP contribution >= 0.6 is 0 Å². The van der Waals surface area contributed by atoms with Crippen molar-refractivity contribution in [2.75, 3.05) is 26.3 Å². The first-order valence-corrected chi connectivity index (χ1v) is 9.00. The summed E-state index contributed by atoms with van der Waals surface area (Å²) in [5, 5.41) is 9.71. The van der Waals surface area contributed by atoms with Gasteiger partial charge in [0.15, 0.2) is 0 Å². The number of benzene rings is 1. The number of likely N-dealkylation sites (tertiary alicyclic amines) is 1. The summed E-state index contributed by atoms with van der Waals surface area (Å²) < 4.78 is 5.46. The highest BCUT2D eigenvalue weighted by atomic mass is 16.5. The van der Waals surface area contributed by atoms with E-state index in [0.717, 1.165) is 6.42 Å². The Morgan fingerprint density at radius 3 is 2.68 bits per heavy atom. The molecule has 0 spiro atoms. The highest BCUT2D eigenvalue weighted by molar-refractivity contribution is 5.81. The third-order valence-corrected chi connectivity index (χ3v) is 6.00. The van der Waals surface area contributed by atoms with E-state index in [1.807, 2.05) is 18.2 Å². The molecule has 2 heterocycles. The van der Waals surface area contributed by atoms with Gasteiger partial charge in [-0.25, -0.2) is 0 Å². The van der Waals surface area contributed by atoms with Gasteiger partial charge in [0, 0.05) is 32.0 Å². The lowest BCUT2D eigenvalue weighted by Crippen LogP contribution is -2.45. The third-order valence-electron chi connectivity index (χ3n) is 6.00. The highest BCUT2D eigenvalue weighted by Gasteiger charge is 2.54. The van der Waals surface area contributed by atoms with Crippen molar-refractivity contribution < 1.29 is 19.4 Å². The summed E-state index contributed by atoms with van der Waals surface area (Å²) in [6.45, 7) is 6.01. The molecule has 136 valence electrons. The van der Waals surface area contributed by atoms with Crippen LogP contribution in [0.5, 0.6) is 0 Å². The topological polar surface area (TPSA) is 66.8 Å². The number of amides is 1. The molecule has 5 nitrogen and oxygen atoms in total. The lowest BCUT2D eigenvalue weighted by molar-refractivity contribution is -0.157. The van der Waals surface area contributed by atoms with E-state index in [-0.39, 0.29) is 17.2 Å². The van der Waals surface area contributed by atoms with Crippen LogP contribution in [0.3, 0.4) is 0 Å². The quantitative estimate of drug-likeness (QED) is 0.891. The molecule has 1 N–H and O–H groups in total. The molecule has 2 aliphatic rings. The zero-order valence-corrected chi connectivity index (χ0v) is 15.0. The van der Waals surface area contributed by atoms with Crippen LogP contribution in [0.4, 0.5) is 0 Å². The number of hydrogen-bond donors (Lipinski definition) is 1. The van der Waals surface area contributed by atoms with Crippen LogP contribution in [-0.4, -0.2) is 48.2 Å². The Labute approximate surface area is 149 Å². The lowest BCUT2D eigenvalue weighted by atomic mass is 9.74. The van der Waals surface area contributed by atoms with Crippen LogP contribution in [0.1, 0.15) is 38.7 Å². The molecule has 1 aromatic rings. The van der Waals surface area contributed by atoms with Gasteiger partial charge in [-0.05, 0) is 23.8 Å². The number of nitrogens with zero attached hydrogens (tertiary/aromatic N) is 1. The smallest absolute Gasteiger partial charge is 0.311 e. The van der Waals surface area contributed by atoms with Gasteiger partial charge in [-0.15, -0.1) is 0 Å². The lowest BCUT2D eigenvalue weighted by Gasteiger charge is -2.33. The Hall–Kier alpha value is -1.88. The second kappa shape index (κ2) is 6.79. The zero-order valence-electron chi connectivity index (χ0n) is 15.0. The first-order valence-electron chi connectivity index (χ1n) is 9.00. The molecule has 5 heteroatoms. The second-order valence-electron chi connectivity index (χ2n) is 8.01. The van der Waals surface area contributed by atoms with Gasteiger partial charge in [-0.1, -0.05) is 44.2 Å². The molecule has 0 aliphatic carbocycles. The minimum Gasteiger partial charge on any atom is -0.481 e. The number of hydrogen-bond acceptors (Lipinski definition) is 3. The van der Waals surface area contributed by atoms with E-state index in [0.29, 0.717) is 39.1 Å². The molecule has 2 aliphatic heterocycles.